The van der Waals surface area contributed by atoms with Crippen molar-refractivity contribution in [2.75, 3.05) is 7.11 Å². The third-order valence-corrected chi connectivity index (χ3v) is 3.72. The number of benzene rings is 2. The van der Waals surface area contributed by atoms with Crippen LogP contribution in [0.25, 0.3) is 0 Å². The summed E-state index contributed by atoms with van der Waals surface area (Å²) >= 11 is 0. The molecule has 124 valence electrons. The number of carbonyl (C=O) groups excluding carboxylic acids is 1. The van der Waals surface area contributed by atoms with E-state index >= 15 is 0 Å². The quantitative estimate of drug-likeness (QED) is 0.806. The van der Waals surface area contributed by atoms with Crippen molar-refractivity contribution in [2.24, 2.45) is 0 Å². The van der Waals surface area contributed by atoms with Crippen LogP contribution < -0.4 is 5.32 Å². The number of halogens is 1. The molecule has 0 aliphatic heterocycles. The van der Waals surface area contributed by atoms with Gasteiger partial charge in [0.15, 0.2) is 0 Å². The summed E-state index contributed by atoms with van der Waals surface area (Å²) < 4.78 is 4.76. The van der Waals surface area contributed by atoms with Crippen molar-refractivity contribution in [3.63, 3.8) is 0 Å². The zero-order chi connectivity index (χ0) is 15.9. The number of hydrogen-bond acceptors (Lipinski definition) is 3. The minimum Gasteiger partial charge on any atom is -0.465 e. The maximum atomic E-state index is 11.6. The molecule has 0 aliphatic rings. The molecule has 0 saturated heterocycles. The van der Waals surface area contributed by atoms with E-state index in [2.05, 4.69) is 43.4 Å². The lowest BCUT2D eigenvalue weighted by molar-refractivity contribution is 0.0600. The lowest BCUT2D eigenvalue weighted by Gasteiger charge is -2.20. The summed E-state index contributed by atoms with van der Waals surface area (Å²) in [6.07, 6.45) is 0.863. The van der Waals surface area contributed by atoms with Gasteiger partial charge in [-0.25, -0.2) is 4.79 Å². The van der Waals surface area contributed by atoms with Crippen LogP contribution in [0.4, 0.5) is 0 Å². The molecule has 0 aliphatic carbocycles. The van der Waals surface area contributed by atoms with Crippen LogP contribution in [-0.4, -0.2) is 19.1 Å². The molecule has 2 atom stereocenters. The Balaban J connectivity index is 0.00000264. The van der Waals surface area contributed by atoms with Crippen molar-refractivity contribution in [3.05, 3.63) is 71.3 Å². The van der Waals surface area contributed by atoms with E-state index in [1.54, 1.807) is 6.07 Å². The third kappa shape index (κ3) is 5.70. The van der Waals surface area contributed by atoms with Gasteiger partial charge in [0.2, 0.25) is 0 Å². The van der Waals surface area contributed by atoms with Crippen LogP contribution in [0.2, 0.25) is 0 Å². The van der Waals surface area contributed by atoms with Crippen molar-refractivity contribution < 1.29 is 9.53 Å². The SMILES string of the molecule is COC(=O)c1cccc(C[C@@H](C)N[C@H](C)c2ccccc2)c1.Cl. The Kier molecular flexibility index (Phi) is 7.79. The Bertz CT molecular complexity index is 616. The van der Waals surface area contributed by atoms with Gasteiger partial charge in [0.25, 0.3) is 0 Å². The molecule has 2 aromatic carbocycles. The minimum absolute atomic E-state index is 0. The van der Waals surface area contributed by atoms with Crippen LogP contribution >= 0.6 is 12.4 Å². The van der Waals surface area contributed by atoms with Gasteiger partial charge in [-0.05, 0) is 43.5 Å². The van der Waals surface area contributed by atoms with Crippen LogP contribution in [-0.2, 0) is 11.2 Å². The average Bonchev–Trinajstić information content (AvgIpc) is 2.55. The molecule has 3 nitrogen and oxygen atoms in total. The van der Waals surface area contributed by atoms with E-state index in [1.807, 2.05) is 24.3 Å². The average molecular weight is 334 g/mol. The molecule has 0 saturated carbocycles. The molecule has 0 amide bonds. The minimum atomic E-state index is -0.292. The first-order valence-electron chi connectivity index (χ1n) is 7.58. The van der Waals surface area contributed by atoms with Crippen LogP contribution in [0.5, 0.6) is 0 Å². The largest absolute Gasteiger partial charge is 0.465 e. The molecule has 0 unspecified atom stereocenters. The number of carbonyl (C=O) groups is 1. The third-order valence-electron chi connectivity index (χ3n) is 3.72. The second-order valence-electron chi connectivity index (χ2n) is 5.60. The Labute approximate surface area is 144 Å². The lowest BCUT2D eigenvalue weighted by atomic mass is 10.0. The summed E-state index contributed by atoms with van der Waals surface area (Å²) in [6.45, 7) is 4.32. The summed E-state index contributed by atoms with van der Waals surface area (Å²) in [5.74, 6) is -0.292. The Hall–Kier alpha value is -1.84. The van der Waals surface area contributed by atoms with Gasteiger partial charge in [-0.2, -0.15) is 0 Å². The highest BCUT2D eigenvalue weighted by Crippen LogP contribution is 2.14. The summed E-state index contributed by atoms with van der Waals surface area (Å²) in [7, 11) is 1.40. The number of nitrogens with one attached hydrogen (secondary N) is 1. The summed E-state index contributed by atoms with van der Waals surface area (Å²) in [6, 6.07) is 18.6. The molecule has 0 spiro atoms. The summed E-state index contributed by atoms with van der Waals surface area (Å²) in [5, 5.41) is 3.59. The Morgan fingerprint density at radius 1 is 1.09 bits per heavy atom. The fourth-order valence-corrected chi connectivity index (χ4v) is 2.62. The summed E-state index contributed by atoms with van der Waals surface area (Å²) in [4.78, 5) is 11.6. The molecular weight excluding hydrogens is 310 g/mol. The van der Waals surface area contributed by atoms with Crippen LogP contribution in [0.15, 0.2) is 54.6 Å². The molecule has 1 N–H and O–H groups in total. The van der Waals surface area contributed by atoms with Gasteiger partial charge in [-0.3, -0.25) is 0 Å². The topological polar surface area (TPSA) is 38.3 Å². The van der Waals surface area contributed by atoms with Gasteiger partial charge in [0.05, 0.1) is 12.7 Å². The number of ether oxygens (including phenoxy) is 1. The predicted octanol–water partition coefficient (Wildman–Crippen LogP) is 4.18. The molecule has 0 heterocycles. The molecule has 0 fully saturated rings. The number of methoxy groups -OCH3 is 1. The second-order valence-corrected chi connectivity index (χ2v) is 5.60. The first kappa shape index (κ1) is 19.2. The molecule has 2 aromatic rings. The van der Waals surface area contributed by atoms with Crippen LogP contribution in [0.1, 0.15) is 41.4 Å². The molecule has 0 aromatic heterocycles. The highest BCUT2D eigenvalue weighted by Gasteiger charge is 2.11. The van der Waals surface area contributed by atoms with E-state index in [0.29, 0.717) is 17.6 Å². The first-order valence-corrected chi connectivity index (χ1v) is 7.58. The van der Waals surface area contributed by atoms with Gasteiger partial charge in [0.1, 0.15) is 0 Å². The van der Waals surface area contributed by atoms with Crippen molar-refractivity contribution >= 4 is 18.4 Å². The fourth-order valence-electron chi connectivity index (χ4n) is 2.62. The van der Waals surface area contributed by atoms with Gasteiger partial charge >= 0.3 is 5.97 Å². The second kappa shape index (κ2) is 9.33. The highest BCUT2D eigenvalue weighted by atomic mass is 35.5. The zero-order valence-electron chi connectivity index (χ0n) is 13.8. The number of hydrogen-bond donors (Lipinski definition) is 1. The molecular formula is C19H24ClNO2. The maximum absolute atomic E-state index is 11.6. The Morgan fingerprint density at radius 2 is 1.78 bits per heavy atom. The van der Waals surface area contributed by atoms with E-state index < -0.39 is 0 Å². The van der Waals surface area contributed by atoms with Crippen LogP contribution in [0.3, 0.4) is 0 Å². The maximum Gasteiger partial charge on any atom is 0.337 e. The van der Waals surface area contributed by atoms with Gasteiger partial charge in [-0.15, -0.1) is 12.4 Å². The predicted molar refractivity (Wildman–Crippen MR) is 96.2 cm³/mol. The number of esters is 1. The van der Waals surface area contributed by atoms with E-state index in [4.69, 9.17) is 4.74 Å². The molecule has 0 bridgehead atoms. The van der Waals surface area contributed by atoms with Gasteiger partial charge in [0, 0.05) is 12.1 Å². The molecule has 2 rings (SSSR count). The zero-order valence-corrected chi connectivity index (χ0v) is 14.6. The van der Waals surface area contributed by atoms with Crippen molar-refractivity contribution in [2.45, 2.75) is 32.4 Å². The highest BCUT2D eigenvalue weighted by molar-refractivity contribution is 5.89. The first-order chi connectivity index (χ1) is 10.6. The Morgan fingerprint density at radius 3 is 2.43 bits per heavy atom. The van der Waals surface area contributed by atoms with E-state index in [0.717, 1.165) is 12.0 Å². The van der Waals surface area contributed by atoms with E-state index in [1.165, 1.54) is 12.7 Å². The summed E-state index contributed by atoms with van der Waals surface area (Å²) in [5.41, 5.74) is 3.00. The molecule has 4 heteroatoms. The van der Waals surface area contributed by atoms with E-state index in [9.17, 15) is 4.79 Å². The standard InChI is InChI=1S/C19H23NO2.ClH/c1-14(20-15(2)17-9-5-4-6-10-17)12-16-8-7-11-18(13-16)19(21)22-3;/h4-11,13-15,20H,12H2,1-3H3;1H/t14-,15-;/m1./s1. The normalized spacial score (nSPS) is 12.8. The number of rotatable bonds is 6. The van der Waals surface area contributed by atoms with Gasteiger partial charge < -0.3 is 10.1 Å². The van der Waals surface area contributed by atoms with Crippen molar-refractivity contribution in [1.29, 1.82) is 0 Å². The lowest BCUT2D eigenvalue weighted by Crippen LogP contribution is -2.30. The smallest absolute Gasteiger partial charge is 0.337 e. The van der Waals surface area contributed by atoms with E-state index in [-0.39, 0.29) is 18.4 Å². The monoisotopic (exact) mass is 333 g/mol. The van der Waals surface area contributed by atoms with Crippen molar-refractivity contribution in [1.82, 2.24) is 5.32 Å². The molecule has 0 radical (unpaired) electrons. The fraction of sp³-hybridized carbons (Fsp3) is 0.316. The molecule has 23 heavy (non-hydrogen) atoms. The van der Waals surface area contributed by atoms with Crippen LogP contribution in [0, 0.1) is 0 Å². The van der Waals surface area contributed by atoms with Crippen molar-refractivity contribution in [3.8, 4) is 0 Å². The van der Waals surface area contributed by atoms with Gasteiger partial charge in [-0.1, -0.05) is 42.5 Å².